The zero-order valence-corrected chi connectivity index (χ0v) is 17.6. The van der Waals surface area contributed by atoms with Gasteiger partial charge in [0.05, 0.1) is 7.11 Å². The second kappa shape index (κ2) is 9.18. The number of fused-ring (bicyclic) bond motifs is 1. The molecule has 4 rings (SSSR count). The highest BCUT2D eigenvalue weighted by molar-refractivity contribution is 6.16. The molecule has 7 nitrogen and oxygen atoms in total. The normalized spacial score (nSPS) is 11.2. The summed E-state index contributed by atoms with van der Waals surface area (Å²) in [6.45, 7) is 0. The molecule has 0 unspecified atom stereocenters. The zero-order valence-electron chi connectivity index (χ0n) is 17.6. The van der Waals surface area contributed by atoms with Crippen LogP contribution in [0.25, 0.3) is 11.0 Å². The Bertz CT molecular complexity index is 1350. The van der Waals surface area contributed by atoms with E-state index in [0.29, 0.717) is 22.3 Å². The molecule has 0 spiro atoms. The lowest BCUT2D eigenvalue weighted by Gasteiger charge is -2.10. The maximum absolute atomic E-state index is 12.9. The van der Waals surface area contributed by atoms with Crippen LogP contribution >= 0.6 is 0 Å². The number of rotatable bonds is 6. The van der Waals surface area contributed by atoms with Gasteiger partial charge in [0, 0.05) is 16.6 Å². The van der Waals surface area contributed by atoms with Gasteiger partial charge in [-0.1, -0.05) is 18.2 Å². The molecule has 2 N–H and O–H groups in total. The average Bonchev–Trinajstić information content (AvgIpc) is 3.18. The molecule has 174 valence electrons. The largest absolute Gasteiger partial charge is 0.573 e. The number of para-hydroxylation sites is 1. The molecule has 0 saturated carbocycles. The van der Waals surface area contributed by atoms with E-state index in [2.05, 4.69) is 15.4 Å². The number of alkyl halides is 3. The van der Waals surface area contributed by atoms with Crippen LogP contribution in [0.4, 0.5) is 24.5 Å². The van der Waals surface area contributed by atoms with Gasteiger partial charge in [-0.25, -0.2) is 0 Å². The summed E-state index contributed by atoms with van der Waals surface area (Å²) in [6.07, 6.45) is -4.82. The van der Waals surface area contributed by atoms with Gasteiger partial charge in [0.15, 0.2) is 0 Å². The van der Waals surface area contributed by atoms with Crippen LogP contribution in [0.1, 0.15) is 20.9 Å². The molecule has 0 radical (unpaired) electrons. The van der Waals surface area contributed by atoms with Gasteiger partial charge in [-0.3, -0.25) is 9.59 Å². The fourth-order valence-electron chi connectivity index (χ4n) is 3.21. The van der Waals surface area contributed by atoms with E-state index in [9.17, 15) is 22.8 Å². The van der Waals surface area contributed by atoms with Crippen LogP contribution in [0.5, 0.6) is 11.5 Å². The molecule has 0 saturated heterocycles. The van der Waals surface area contributed by atoms with E-state index in [1.54, 1.807) is 48.5 Å². The summed E-state index contributed by atoms with van der Waals surface area (Å²) in [5.41, 5.74) is 1.02. The van der Waals surface area contributed by atoms with Gasteiger partial charge in [-0.05, 0) is 54.6 Å². The standard InChI is InChI=1S/C24H17F3N2O5/c1-32-17-6-4-5-14(13-17)22(30)29-20-18-7-2-3-8-19(18)33-21(20)23(31)28-15-9-11-16(12-10-15)34-24(25,26)27/h2-13H,1H3,(H,28,31)(H,29,30). The van der Waals surface area contributed by atoms with Crippen LogP contribution in [-0.4, -0.2) is 25.3 Å². The highest BCUT2D eigenvalue weighted by atomic mass is 19.4. The van der Waals surface area contributed by atoms with Gasteiger partial charge < -0.3 is 24.5 Å². The summed E-state index contributed by atoms with van der Waals surface area (Å²) in [4.78, 5) is 25.8. The fraction of sp³-hybridized carbons (Fsp3) is 0.0833. The van der Waals surface area contributed by atoms with Crippen molar-refractivity contribution in [3.63, 3.8) is 0 Å². The molecule has 0 bridgehead atoms. The number of methoxy groups -OCH3 is 1. The first-order chi connectivity index (χ1) is 16.2. The maximum atomic E-state index is 12.9. The third-order valence-corrected chi connectivity index (χ3v) is 4.72. The zero-order chi connectivity index (χ0) is 24.3. The minimum atomic E-state index is -4.82. The molecule has 34 heavy (non-hydrogen) atoms. The number of anilines is 2. The summed E-state index contributed by atoms with van der Waals surface area (Å²) in [5.74, 6) is -1.32. The fourth-order valence-corrected chi connectivity index (χ4v) is 3.21. The summed E-state index contributed by atoms with van der Waals surface area (Å²) in [7, 11) is 1.48. The lowest BCUT2D eigenvalue weighted by atomic mass is 10.1. The first kappa shape index (κ1) is 22.7. The summed E-state index contributed by atoms with van der Waals surface area (Å²) >= 11 is 0. The Morgan fingerprint density at radius 1 is 0.853 bits per heavy atom. The predicted molar refractivity (Wildman–Crippen MR) is 118 cm³/mol. The second-order valence-electron chi connectivity index (χ2n) is 7.01. The molecule has 4 aromatic rings. The van der Waals surface area contributed by atoms with E-state index in [4.69, 9.17) is 9.15 Å². The van der Waals surface area contributed by atoms with Gasteiger partial charge >= 0.3 is 6.36 Å². The third-order valence-electron chi connectivity index (χ3n) is 4.72. The maximum Gasteiger partial charge on any atom is 0.573 e. The van der Waals surface area contributed by atoms with E-state index in [-0.39, 0.29) is 17.1 Å². The number of furan rings is 1. The lowest BCUT2D eigenvalue weighted by molar-refractivity contribution is -0.274. The number of hydrogen-bond acceptors (Lipinski definition) is 5. The molecule has 2 amide bonds. The molecule has 10 heteroatoms. The second-order valence-corrected chi connectivity index (χ2v) is 7.01. The van der Waals surface area contributed by atoms with Gasteiger partial charge in [-0.15, -0.1) is 13.2 Å². The van der Waals surface area contributed by atoms with Crippen molar-refractivity contribution in [2.45, 2.75) is 6.36 Å². The van der Waals surface area contributed by atoms with Crippen LogP contribution < -0.4 is 20.1 Å². The van der Waals surface area contributed by atoms with E-state index in [1.165, 1.54) is 19.2 Å². The van der Waals surface area contributed by atoms with Crippen molar-refractivity contribution in [1.82, 2.24) is 0 Å². The Hall–Kier alpha value is -4.47. The van der Waals surface area contributed by atoms with Crippen LogP contribution in [-0.2, 0) is 0 Å². The minimum absolute atomic E-state index is 0.151. The Morgan fingerprint density at radius 3 is 2.29 bits per heavy atom. The van der Waals surface area contributed by atoms with Gasteiger partial charge in [-0.2, -0.15) is 0 Å². The van der Waals surface area contributed by atoms with E-state index >= 15 is 0 Å². The molecule has 1 heterocycles. The smallest absolute Gasteiger partial charge is 0.497 e. The molecule has 0 aliphatic heterocycles. The summed E-state index contributed by atoms with van der Waals surface area (Å²) in [5, 5.41) is 5.75. The average molecular weight is 470 g/mol. The third kappa shape index (κ3) is 5.12. The number of amides is 2. The number of carbonyl (C=O) groups excluding carboxylic acids is 2. The van der Waals surface area contributed by atoms with E-state index < -0.39 is 23.9 Å². The summed E-state index contributed by atoms with van der Waals surface area (Å²) < 4.78 is 51.7. The Kier molecular flexibility index (Phi) is 6.13. The van der Waals surface area contributed by atoms with Crippen molar-refractivity contribution in [1.29, 1.82) is 0 Å². The van der Waals surface area contributed by atoms with Crippen molar-refractivity contribution in [2.24, 2.45) is 0 Å². The molecule has 1 aromatic heterocycles. The first-order valence-corrected chi connectivity index (χ1v) is 9.87. The number of nitrogens with one attached hydrogen (secondary N) is 2. The highest BCUT2D eigenvalue weighted by Crippen LogP contribution is 2.32. The highest BCUT2D eigenvalue weighted by Gasteiger charge is 2.31. The van der Waals surface area contributed by atoms with Gasteiger partial charge in [0.25, 0.3) is 11.8 Å². The number of ether oxygens (including phenoxy) is 2. The van der Waals surface area contributed by atoms with E-state index in [1.807, 2.05) is 0 Å². The Balaban J connectivity index is 1.60. The minimum Gasteiger partial charge on any atom is -0.497 e. The van der Waals surface area contributed by atoms with Gasteiger partial charge in [0.1, 0.15) is 22.8 Å². The van der Waals surface area contributed by atoms with E-state index in [0.717, 1.165) is 12.1 Å². The van der Waals surface area contributed by atoms with Crippen LogP contribution in [0.15, 0.2) is 77.2 Å². The monoisotopic (exact) mass is 470 g/mol. The van der Waals surface area contributed by atoms with Crippen molar-refractivity contribution in [2.75, 3.05) is 17.7 Å². The van der Waals surface area contributed by atoms with Crippen molar-refractivity contribution in [3.05, 3.63) is 84.1 Å². The number of benzene rings is 3. The molecule has 3 aromatic carbocycles. The van der Waals surface area contributed by atoms with Crippen LogP contribution in [0.2, 0.25) is 0 Å². The topological polar surface area (TPSA) is 89.8 Å². The predicted octanol–water partition coefficient (Wildman–Crippen LogP) is 5.84. The molecular formula is C24H17F3N2O5. The molecule has 0 aliphatic carbocycles. The Labute approximate surface area is 191 Å². The van der Waals surface area contributed by atoms with Crippen molar-refractivity contribution >= 4 is 34.2 Å². The summed E-state index contributed by atoms with van der Waals surface area (Å²) in [6, 6.07) is 17.8. The lowest BCUT2D eigenvalue weighted by Crippen LogP contribution is -2.18. The number of carbonyl (C=O) groups is 2. The quantitative estimate of drug-likeness (QED) is 0.369. The van der Waals surface area contributed by atoms with Crippen molar-refractivity contribution in [3.8, 4) is 11.5 Å². The SMILES string of the molecule is COc1cccc(C(=O)Nc2c(C(=O)Nc3ccc(OC(F)(F)F)cc3)oc3ccccc23)c1. The Morgan fingerprint density at radius 2 is 1.59 bits per heavy atom. The van der Waals surface area contributed by atoms with Gasteiger partial charge in [0.2, 0.25) is 5.76 Å². The first-order valence-electron chi connectivity index (χ1n) is 9.87. The number of hydrogen-bond donors (Lipinski definition) is 2. The van der Waals surface area contributed by atoms with Crippen LogP contribution in [0.3, 0.4) is 0 Å². The van der Waals surface area contributed by atoms with Crippen molar-refractivity contribution < 1.29 is 36.7 Å². The number of halogens is 3. The van der Waals surface area contributed by atoms with Crippen LogP contribution in [0, 0.1) is 0 Å². The molecule has 0 fully saturated rings. The molecule has 0 atom stereocenters. The molecule has 0 aliphatic rings. The molecular weight excluding hydrogens is 453 g/mol.